The van der Waals surface area contributed by atoms with Crippen LogP contribution >= 0.6 is 34.4 Å². The molecule has 1 saturated heterocycles. The smallest absolute Gasteiger partial charge is 0.270 e. The molecular formula is C13H15IN2O3S. The molecule has 0 atom stereocenters. The monoisotopic (exact) mass is 406 g/mol. The summed E-state index contributed by atoms with van der Waals surface area (Å²) in [4.78, 5) is 24.7. The van der Waals surface area contributed by atoms with Crippen LogP contribution in [0.1, 0.15) is 24.2 Å². The standard InChI is InChI=1S/C13H15IN2O3S/c1-13(2)8-15(5-6-20-13)12(17)10-7-9(16(18)19)3-4-11(10)14/h3-4,7H,5-6,8H2,1-2H3. The Morgan fingerprint density at radius 3 is 2.80 bits per heavy atom. The predicted molar refractivity (Wildman–Crippen MR) is 88.3 cm³/mol. The van der Waals surface area contributed by atoms with Gasteiger partial charge in [-0.05, 0) is 42.5 Å². The molecule has 1 aliphatic heterocycles. The summed E-state index contributed by atoms with van der Waals surface area (Å²) in [6, 6.07) is 4.42. The van der Waals surface area contributed by atoms with E-state index in [2.05, 4.69) is 13.8 Å². The van der Waals surface area contributed by atoms with Crippen molar-refractivity contribution in [2.75, 3.05) is 18.8 Å². The number of amides is 1. The van der Waals surface area contributed by atoms with Gasteiger partial charge in [-0.25, -0.2) is 0 Å². The van der Waals surface area contributed by atoms with Crippen LogP contribution in [0.15, 0.2) is 18.2 Å². The van der Waals surface area contributed by atoms with Gasteiger partial charge in [-0.3, -0.25) is 14.9 Å². The summed E-state index contributed by atoms with van der Waals surface area (Å²) < 4.78 is 0.772. The van der Waals surface area contributed by atoms with Crippen LogP contribution in [0.5, 0.6) is 0 Å². The molecule has 108 valence electrons. The summed E-state index contributed by atoms with van der Waals surface area (Å²) in [6.07, 6.45) is 0. The van der Waals surface area contributed by atoms with Gasteiger partial charge >= 0.3 is 0 Å². The second-order valence-corrected chi connectivity index (χ2v) is 8.22. The Bertz CT molecular complexity index is 563. The minimum atomic E-state index is -0.469. The van der Waals surface area contributed by atoms with Crippen molar-refractivity contribution in [3.63, 3.8) is 0 Å². The number of benzene rings is 1. The molecule has 2 rings (SSSR count). The van der Waals surface area contributed by atoms with Crippen molar-refractivity contribution in [2.45, 2.75) is 18.6 Å². The van der Waals surface area contributed by atoms with Crippen LogP contribution in [0.2, 0.25) is 0 Å². The van der Waals surface area contributed by atoms with Gasteiger partial charge in [0.25, 0.3) is 11.6 Å². The molecule has 1 aliphatic rings. The maximum atomic E-state index is 12.6. The van der Waals surface area contributed by atoms with Gasteiger partial charge in [0.2, 0.25) is 0 Å². The largest absolute Gasteiger partial charge is 0.336 e. The van der Waals surface area contributed by atoms with Crippen LogP contribution in [-0.4, -0.2) is 39.3 Å². The quantitative estimate of drug-likeness (QED) is 0.430. The van der Waals surface area contributed by atoms with Crippen LogP contribution in [0, 0.1) is 13.7 Å². The number of non-ortho nitro benzene ring substituents is 1. The van der Waals surface area contributed by atoms with E-state index >= 15 is 0 Å². The van der Waals surface area contributed by atoms with Crippen LogP contribution < -0.4 is 0 Å². The van der Waals surface area contributed by atoms with Gasteiger partial charge in [0.1, 0.15) is 0 Å². The fourth-order valence-electron chi connectivity index (χ4n) is 2.15. The third kappa shape index (κ3) is 3.43. The van der Waals surface area contributed by atoms with Crippen LogP contribution in [-0.2, 0) is 0 Å². The third-order valence-electron chi connectivity index (χ3n) is 3.10. The van der Waals surface area contributed by atoms with Crippen molar-refractivity contribution in [2.24, 2.45) is 0 Å². The molecule has 1 heterocycles. The number of halogens is 1. The molecule has 0 aromatic heterocycles. The Morgan fingerprint density at radius 2 is 2.20 bits per heavy atom. The molecule has 0 saturated carbocycles. The van der Waals surface area contributed by atoms with E-state index in [1.165, 1.54) is 12.1 Å². The lowest BCUT2D eigenvalue weighted by molar-refractivity contribution is -0.384. The Hall–Kier alpha value is -0.830. The van der Waals surface area contributed by atoms with E-state index in [1.54, 1.807) is 11.0 Å². The Morgan fingerprint density at radius 1 is 1.50 bits per heavy atom. The Kier molecular flexibility index (Phi) is 4.58. The summed E-state index contributed by atoms with van der Waals surface area (Å²) >= 11 is 3.89. The molecule has 1 aromatic carbocycles. The van der Waals surface area contributed by atoms with Gasteiger partial charge in [0.05, 0.1) is 10.5 Å². The first-order valence-corrected chi connectivity index (χ1v) is 8.24. The molecule has 5 nitrogen and oxygen atoms in total. The normalized spacial score (nSPS) is 17.9. The maximum Gasteiger partial charge on any atom is 0.270 e. The van der Waals surface area contributed by atoms with Crippen molar-refractivity contribution < 1.29 is 9.72 Å². The summed E-state index contributed by atoms with van der Waals surface area (Å²) in [5.74, 6) is 0.774. The van der Waals surface area contributed by atoms with Gasteiger partial charge in [0.15, 0.2) is 0 Å². The Labute approximate surface area is 135 Å². The van der Waals surface area contributed by atoms with E-state index in [-0.39, 0.29) is 16.3 Å². The highest BCUT2D eigenvalue weighted by Crippen LogP contribution is 2.31. The molecule has 0 N–H and O–H groups in total. The molecule has 0 unspecified atom stereocenters. The highest BCUT2D eigenvalue weighted by molar-refractivity contribution is 14.1. The van der Waals surface area contributed by atoms with E-state index in [9.17, 15) is 14.9 Å². The minimum Gasteiger partial charge on any atom is -0.336 e. The number of carbonyl (C=O) groups excluding carboxylic acids is 1. The SMILES string of the molecule is CC1(C)CN(C(=O)c2cc([N+](=O)[O-])ccc2I)CCS1. The van der Waals surface area contributed by atoms with Crippen LogP contribution in [0.25, 0.3) is 0 Å². The number of carbonyl (C=O) groups is 1. The van der Waals surface area contributed by atoms with Crippen molar-refractivity contribution in [3.05, 3.63) is 37.4 Å². The van der Waals surface area contributed by atoms with Gasteiger partial charge in [0, 0.05) is 39.3 Å². The zero-order valence-electron chi connectivity index (χ0n) is 11.3. The number of thioether (sulfide) groups is 1. The lowest BCUT2D eigenvalue weighted by Crippen LogP contribution is -2.46. The molecule has 0 aliphatic carbocycles. The number of nitro groups is 1. The minimum absolute atomic E-state index is 0.0278. The summed E-state index contributed by atoms with van der Waals surface area (Å²) in [6.45, 7) is 5.56. The van der Waals surface area contributed by atoms with E-state index < -0.39 is 4.92 Å². The van der Waals surface area contributed by atoms with E-state index in [0.717, 1.165) is 9.32 Å². The predicted octanol–water partition coefficient (Wildman–Crippen LogP) is 3.17. The summed E-state index contributed by atoms with van der Waals surface area (Å²) in [5.41, 5.74) is 0.377. The van der Waals surface area contributed by atoms with E-state index in [0.29, 0.717) is 18.7 Å². The van der Waals surface area contributed by atoms with Gasteiger partial charge in [-0.2, -0.15) is 11.8 Å². The topological polar surface area (TPSA) is 63.5 Å². The number of nitrogens with zero attached hydrogens (tertiary/aromatic N) is 2. The molecule has 0 radical (unpaired) electrons. The van der Waals surface area contributed by atoms with Gasteiger partial charge in [-0.15, -0.1) is 0 Å². The van der Waals surface area contributed by atoms with Crippen molar-refractivity contribution in [3.8, 4) is 0 Å². The average Bonchev–Trinajstić information content (AvgIpc) is 2.37. The molecule has 1 amide bonds. The Balaban J connectivity index is 2.29. The summed E-state index contributed by atoms with van der Waals surface area (Å²) in [5, 5.41) is 10.8. The second kappa shape index (κ2) is 5.88. The van der Waals surface area contributed by atoms with Crippen molar-refractivity contribution in [1.82, 2.24) is 4.90 Å². The first kappa shape index (κ1) is 15.6. The van der Waals surface area contributed by atoms with Crippen molar-refractivity contribution in [1.29, 1.82) is 0 Å². The third-order valence-corrected chi connectivity index (χ3v) is 5.34. The zero-order valence-corrected chi connectivity index (χ0v) is 14.2. The zero-order chi connectivity index (χ0) is 14.9. The fourth-order valence-corrected chi connectivity index (χ4v) is 3.83. The maximum absolute atomic E-state index is 12.6. The molecule has 0 spiro atoms. The lowest BCUT2D eigenvalue weighted by atomic mass is 10.1. The first-order chi connectivity index (χ1) is 9.30. The average molecular weight is 406 g/mol. The molecule has 0 bridgehead atoms. The molecule has 1 aromatic rings. The highest BCUT2D eigenvalue weighted by atomic mass is 127. The summed E-state index contributed by atoms with van der Waals surface area (Å²) in [7, 11) is 0. The van der Waals surface area contributed by atoms with Gasteiger partial charge in [-0.1, -0.05) is 0 Å². The number of rotatable bonds is 2. The van der Waals surface area contributed by atoms with Crippen LogP contribution in [0.3, 0.4) is 0 Å². The molecule has 20 heavy (non-hydrogen) atoms. The van der Waals surface area contributed by atoms with E-state index in [1.807, 2.05) is 34.4 Å². The molecular weight excluding hydrogens is 391 g/mol. The number of hydrogen-bond donors (Lipinski definition) is 0. The molecule has 1 fully saturated rings. The van der Waals surface area contributed by atoms with Crippen LogP contribution in [0.4, 0.5) is 5.69 Å². The lowest BCUT2D eigenvalue weighted by Gasteiger charge is -2.37. The first-order valence-electron chi connectivity index (χ1n) is 6.17. The fraction of sp³-hybridized carbons (Fsp3) is 0.462. The van der Waals surface area contributed by atoms with Gasteiger partial charge < -0.3 is 4.90 Å². The number of hydrogen-bond acceptors (Lipinski definition) is 4. The molecule has 7 heteroatoms. The van der Waals surface area contributed by atoms with E-state index in [4.69, 9.17) is 0 Å². The second-order valence-electron chi connectivity index (χ2n) is 5.26. The number of nitro benzene ring substituents is 1. The highest BCUT2D eigenvalue weighted by Gasteiger charge is 2.31. The van der Waals surface area contributed by atoms with Crippen molar-refractivity contribution >= 4 is 45.9 Å².